The fourth-order valence-electron chi connectivity index (χ4n) is 1.71. The van der Waals surface area contributed by atoms with E-state index in [2.05, 4.69) is 6.92 Å². The first-order chi connectivity index (χ1) is 7.81. The Labute approximate surface area is 159 Å². The summed E-state index contributed by atoms with van der Waals surface area (Å²) < 4.78 is 17.4. The Morgan fingerprint density at radius 1 is 1.05 bits per heavy atom. The van der Waals surface area contributed by atoms with Crippen LogP contribution in [-0.4, -0.2) is 24.7 Å². The third-order valence-corrected chi connectivity index (χ3v) is 2.45. The maximum Gasteiger partial charge on any atom is 1.00 e. The van der Waals surface area contributed by atoms with Gasteiger partial charge in [0.15, 0.2) is 0 Å². The Bertz CT molecular complexity index is 213. The summed E-state index contributed by atoms with van der Waals surface area (Å²) in [5.41, 5.74) is 0. The molecule has 7 nitrogen and oxygen atoms in total. The standard InChI is InChI=1S/C8H15O.2Na.2HO3P/c1-7-3-2-4-8(7)5-6-9;;;2*1-4(2)3/h6-9H,2-5H2,1H3;;;2*(H-,1,2,3)/q-1;2*+1;;/p+2. The van der Waals surface area contributed by atoms with Gasteiger partial charge >= 0.3 is 75.6 Å². The second kappa shape index (κ2) is 20.0. The van der Waals surface area contributed by atoms with E-state index < -0.39 is 16.5 Å². The van der Waals surface area contributed by atoms with Gasteiger partial charge in [-0.2, -0.15) is 6.42 Å². The maximum atomic E-state index is 8.70. The van der Waals surface area contributed by atoms with E-state index in [1.165, 1.54) is 25.9 Å². The number of aliphatic hydroxyl groups is 1. The number of aliphatic hydroxyl groups excluding tert-OH is 1. The van der Waals surface area contributed by atoms with Gasteiger partial charge in [-0.3, -0.25) is 0 Å². The molecule has 11 heteroatoms. The molecule has 5 N–H and O–H groups in total. The largest absolute Gasteiger partial charge is 1.00 e. The zero-order valence-electron chi connectivity index (χ0n) is 11.5. The van der Waals surface area contributed by atoms with Crippen LogP contribution in [0, 0.1) is 18.4 Å². The van der Waals surface area contributed by atoms with Crippen LogP contribution in [0.15, 0.2) is 0 Å². The Morgan fingerprint density at radius 3 is 1.63 bits per heavy atom. The summed E-state index contributed by atoms with van der Waals surface area (Å²) in [7, 11) is -5.74. The van der Waals surface area contributed by atoms with Crippen LogP contribution in [0.25, 0.3) is 0 Å². The van der Waals surface area contributed by atoms with E-state index in [0.29, 0.717) is 0 Å². The molecular formula is C8H19Na2O7P2+3. The van der Waals surface area contributed by atoms with Gasteiger partial charge < -0.3 is 5.11 Å². The summed E-state index contributed by atoms with van der Waals surface area (Å²) in [6, 6.07) is 0. The molecule has 0 amide bonds. The van der Waals surface area contributed by atoms with E-state index >= 15 is 0 Å². The molecule has 19 heavy (non-hydrogen) atoms. The van der Waals surface area contributed by atoms with Crippen LogP contribution < -0.4 is 59.1 Å². The van der Waals surface area contributed by atoms with Crippen LogP contribution in [0.1, 0.15) is 32.6 Å². The van der Waals surface area contributed by atoms with Gasteiger partial charge in [-0.1, -0.05) is 32.1 Å². The van der Waals surface area contributed by atoms with Crippen LogP contribution in [0.4, 0.5) is 0 Å². The minimum Gasteiger partial charge on any atom is -0.566 e. The molecule has 0 bridgehead atoms. The van der Waals surface area contributed by atoms with E-state index in [1.54, 1.807) is 0 Å². The van der Waals surface area contributed by atoms with Gasteiger partial charge in [0, 0.05) is 9.13 Å². The average molecular weight is 335 g/mol. The Balaban J connectivity index is -0.0000000975. The second-order valence-corrected chi connectivity index (χ2v) is 4.60. The van der Waals surface area contributed by atoms with Gasteiger partial charge in [-0.25, -0.2) is 6.61 Å². The predicted molar refractivity (Wildman–Crippen MR) is 61.4 cm³/mol. The first kappa shape index (κ1) is 29.1. The minimum absolute atomic E-state index is 0. The van der Waals surface area contributed by atoms with Crippen molar-refractivity contribution in [3.05, 3.63) is 6.61 Å². The van der Waals surface area contributed by atoms with Crippen LogP contribution in [0.2, 0.25) is 0 Å². The van der Waals surface area contributed by atoms with Crippen molar-refractivity contribution in [2.45, 2.75) is 32.6 Å². The van der Waals surface area contributed by atoms with E-state index in [9.17, 15) is 0 Å². The number of hydrogen-bond acceptors (Lipinski definition) is 3. The van der Waals surface area contributed by atoms with Crippen molar-refractivity contribution in [1.82, 2.24) is 0 Å². The van der Waals surface area contributed by atoms with Crippen molar-refractivity contribution in [2.75, 3.05) is 0 Å². The molecule has 1 saturated carbocycles. The molecule has 0 aliphatic heterocycles. The first-order valence-electron chi connectivity index (χ1n) is 4.97. The Kier molecular flexibility index (Phi) is 30.6. The first-order valence-corrected chi connectivity index (χ1v) is 7.30. The fourth-order valence-corrected chi connectivity index (χ4v) is 1.71. The van der Waals surface area contributed by atoms with Crippen LogP contribution in [0.3, 0.4) is 0 Å². The molecule has 0 aromatic carbocycles. The minimum atomic E-state index is -2.87. The zero-order chi connectivity index (χ0) is 13.8. The zero-order valence-corrected chi connectivity index (χ0v) is 17.3. The van der Waals surface area contributed by atoms with Crippen molar-refractivity contribution < 1.29 is 92.9 Å². The molecule has 0 spiro atoms. The molecule has 1 aliphatic carbocycles. The third kappa shape index (κ3) is 28.8. The average Bonchev–Trinajstić information content (AvgIpc) is 2.50. The summed E-state index contributed by atoms with van der Waals surface area (Å²) in [5, 5.41) is 8.52. The molecule has 1 rings (SSSR count). The van der Waals surface area contributed by atoms with E-state index in [4.69, 9.17) is 33.8 Å². The van der Waals surface area contributed by atoms with Gasteiger partial charge in [-0.15, -0.1) is 19.6 Å². The molecule has 1 fully saturated rings. The number of rotatable bonds is 2. The molecule has 0 saturated heterocycles. The van der Waals surface area contributed by atoms with Crippen molar-refractivity contribution >= 4 is 16.5 Å². The predicted octanol–water partition coefficient (Wildman–Crippen LogP) is -4.39. The summed E-state index contributed by atoms with van der Waals surface area (Å²) in [5.74, 6) is 1.61. The molecule has 102 valence electrons. The molecular weight excluding hydrogens is 316 g/mol. The van der Waals surface area contributed by atoms with Gasteiger partial charge in [0.25, 0.3) is 0 Å². The molecule has 0 heterocycles. The Morgan fingerprint density at radius 2 is 1.42 bits per heavy atom. The number of hydrogen-bond donors (Lipinski definition) is 5. The van der Waals surface area contributed by atoms with Crippen molar-refractivity contribution in [1.29, 1.82) is 0 Å². The quantitative estimate of drug-likeness (QED) is 0.195. The molecule has 0 radical (unpaired) electrons. The van der Waals surface area contributed by atoms with Crippen LogP contribution in [-0.2, 0) is 9.13 Å². The van der Waals surface area contributed by atoms with Crippen LogP contribution >= 0.6 is 16.5 Å². The smallest absolute Gasteiger partial charge is 0.566 e. The maximum absolute atomic E-state index is 8.70. The molecule has 2 unspecified atom stereocenters. The summed E-state index contributed by atoms with van der Waals surface area (Å²) >= 11 is 0. The molecule has 1 aliphatic rings. The SMILES string of the molecule is CC1CCCC1C[CH-]O.O=[P+](O)O.O=[P+](O)O.[Na+].[Na+]. The third-order valence-electron chi connectivity index (χ3n) is 2.45. The fraction of sp³-hybridized carbons (Fsp3) is 0.875. The van der Waals surface area contributed by atoms with E-state index in [0.717, 1.165) is 18.3 Å². The summed E-state index contributed by atoms with van der Waals surface area (Å²) in [4.78, 5) is 28.5. The normalized spacial score (nSPS) is 19.5. The van der Waals surface area contributed by atoms with E-state index in [1.807, 2.05) is 0 Å². The molecule has 2 atom stereocenters. The van der Waals surface area contributed by atoms with Crippen molar-refractivity contribution in [3.8, 4) is 0 Å². The molecule has 0 aromatic heterocycles. The summed E-state index contributed by atoms with van der Waals surface area (Å²) in [6.07, 6.45) is 4.94. The second-order valence-electron chi connectivity index (χ2n) is 3.59. The van der Waals surface area contributed by atoms with Gasteiger partial charge in [0.05, 0.1) is 0 Å². The Hall–Kier alpha value is 2.00. The van der Waals surface area contributed by atoms with Crippen molar-refractivity contribution in [3.63, 3.8) is 0 Å². The van der Waals surface area contributed by atoms with Gasteiger partial charge in [0.1, 0.15) is 0 Å². The van der Waals surface area contributed by atoms with Gasteiger partial charge in [0.2, 0.25) is 0 Å². The summed E-state index contributed by atoms with van der Waals surface area (Å²) in [6.45, 7) is 3.59. The van der Waals surface area contributed by atoms with Gasteiger partial charge in [-0.05, 0) is 5.92 Å². The monoisotopic (exact) mass is 335 g/mol. The van der Waals surface area contributed by atoms with Crippen LogP contribution in [0.5, 0.6) is 0 Å². The topological polar surface area (TPSA) is 135 Å². The molecule has 0 aromatic rings. The van der Waals surface area contributed by atoms with Crippen molar-refractivity contribution in [2.24, 2.45) is 11.8 Å². The van der Waals surface area contributed by atoms with E-state index in [-0.39, 0.29) is 59.1 Å².